The van der Waals surface area contributed by atoms with Gasteiger partial charge in [-0.25, -0.2) is 18.9 Å². The second-order valence-corrected chi connectivity index (χ2v) is 6.78. The molecule has 0 aliphatic carbocycles. The summed E-state index contributed by atoms with van der Waals surface area (Å²) in [7, 11) is 0. The molecule has 2 aliphatic heterocycles. The summed E-state index contributed by atoms with van der Waals surface area (Å²) in [6, 6.07) is 1.42. The molecule has 4 heterocycles. The number of carbonyl (C=O) groups is 1. The van der Waals surface area contributed by atoms with E-state index in [2.05, 4.69) is 26.9 Å². The molecule has 0 spiro atoms. The van der Waals surface area contributed by atoms with Gasteiger partial charge in [0.05, 0.1) is 18.6 Å². The van der Waals surface area contributed by atoms with Gasteiger partial charge in [0.1, 0.15) is 30.4 Å². The molecular formula is C19H22FN5O3. The minimum atomic E-state index is -0.504. The van der Waals surface area contributed by atoms with Crippen molar-refractivity contribution in [1.82, 2.24) is 19.7 Å². The number of fused-ring (bicyclic) bond motifs is 4. The Morgan fingerprint density at radius 1 is 1.36 bits per heavy atom. The Hall–Kier alpha value is -2.94. The van der Waals surface area contributed by atoms with Gasteiger partial charge in [-0.05, 0) is 25.8 Å². The van der Waals surface area contributed by atoms with Gasteiger partial charge in [-0.3, -0.25) is 4.90 Å². The van der Waals surface area contributed by atoms with E-state index in [-0.39, 0.29) is 25.4 Å². The highest BCUT2D eigenvalue weighted by Crippen LogP contribution is 2.38. The maximum atomic E-state index is 13.9. The number of hydrogen-bond acceptors (Lipinski definition) is 7. The molecule has 2 aromatic heterocycles. The van der Waals surface area contributed by atoms with E-state index in [1.807, 2.05) is 6.92 Å². The lowest BCUT2D eigenvalue weighted by Gasteiger charge is -2.32. The molecule has 0 radical (unpaired) electrons. The van der Waals surface area contributed by atoms with E-state index in [0.717, 1.165) is 25.6 Å². The van der Waals surface area contributed by atoms with E-state index in [9.17, 15) is 9.18 Å². The van der Waals surface area contributed by atoms with E-state index >= 15 is 0 Å². The van der Waals surface area contributed by atoms with Crippen molar-refractivity contribution in [3.8, 4) is 5.88 Å². The Morgan fingerprint density at radius 3 is 3.00 bits per heavy atom. The number of nitrogens with one attached hydrogen (secondary N) is 1. The van der Waals surface area contributed by atoms with Crippen molar-refractivity contribution in [2.45, 2.75) is 32.0 Å². The standard InChI is InChI=1S/C19H22FN5O3/c1-3-25-17-15(11-22-25)19(26)28-8-7-27-18-14(9-13(20)10-21-18)16-5-4-6-24(16)12(2)23-17/h3,9-12,16,23H,1,4-8H2,2H3/t12?,16-/m1/s1. The number of carbonyl (C=O) groups excluding carboxylic acids is 1. The maximum absolute atomic E-state index is 13.9. The van der Waals surface area contributed by atoms with Gasteiger partial charge in [-0.1, -0.05) is 6.58 Å². The molecule has 2 atom stereocenters. The van der Waals surface area contributed by atoms with Crippen molar-refractivity contribution in [1.29, 1.82) is 0 Å². The van der Waals surface area contributed by atoms with E-state index in [0.29, 0.717) is 22.8 Å². The van der Waals surface area contributed by atoms with Crippen LogP contribution in [0.25, 0.3) is 6.20 Å². The molecule has 9 heteroatoms. The fourth-order valence-electron chi connectivity index (χ4n) is 3.81. The molecular weight excluding hydrogens is 365 g/mol. The van der Waals surface area contributed by atoms with Crippen LogP contribution in [0, 0.1) is 5.82 Å². The molecule has 2 aliphatic rings. The Balaban J connectivity index is 1.75. The van der Waals surface area contributed by atoms with E-state index in [1.165, 1.54) is 23.1 Å². The predicted molar refractivity (Wildman–Crippen MR) is 100 cm³/mol. The van der Waals surface area contributed by atoms with Crippen molar-refractivity contribution in [2.75, 3.05) is 25.1 Å². The quantitative estimate of drug-likeness (QED) is 0.754. The number of ether oxygens (including phenoxy) is 2. The van der Waals surface area contributed by atoms with Gasteiger partial charge in [-0.2, -0.15) is 5.10 Å². The number of anilines is 1. The molecule has 2 aromatic rings. The van der Waals surface area contributed by atoms with Crippen LogP contribution in [0.4, 0.5) is 10.2 Å². The minimum absolute atomic E-state index is 0.0416. The lowest BCUT2D eigenvalue weighted by Crippen LogP contribution is -2.39. The van der Waals surface area contributed by atoms with Crippen LogP contribution in [0.15, 0.2) is 25.0 Å². The first-order chi connectivity index (χ1) is 13.6. The maximum Gasteiger partial charge on any atom is 0.343 e. The van der Waals surface area contributed by atoms with E-state index in [1.54, 1.807) is 0 Å². The molecule has 0 saturated carbocycles. The van der Waals surface area contributed by atoms with Crippen molar-refractivity contribution in [3.05, 3.63) is 42.0 Å². The monoisotopic (exact) mass is 387 g/mol. The first kappa shape index (κ1) is 18.4. The molecule has 0 aromatic carbocycles. The lowest BCUT2D eigenvalue weighted by molar-refractivity contribution is 0.0448. The summed E-state index contributed by atoms with van der Waals surface area (Å²) in [6.07, 6.45) is 5.76. The van der Waals surface area contributed by atoms with Gasteiger partial charge >= 0.3 is 5.97 Å². The highest BCUT2D eigenvalue weighted by atomic mass is 19.1. The second kappa shape index (κ2) is 7.59. The highest BCUT2D eigenvalue weighted by molar-refractivity contribution is 5.95. The zero-order valence-corrected chi connectivity index (χ0v) is 15.6. The first-order valence-electron chi connectivity index (χ1n) is 9.26. The van der Waals surface area contributed by atoms with Crippen LogP contribution < -0.4 is 10.1 Å². The topological polar surface area (TPSA) is 81.5 Å². The Bertz CT molecular complexity index is 900. The van der Waals surface area contributed by atoms with Gasteiger partial charge in [0.25, 0.3) is 0 Å². The molecule has 1 unspecified atom stereocenters. The number of halogens is 1. The van der Waals surface area contributed by atoms with Crippen molar-refractivity contribution in [3.63, 3.8) is 0 Å². The Morgan fingerprint density at radius 2 is 2.18 bits per heavy atom. The van der Waals surface area contributed by atoms with Gasteiger partial charge in [-0.15, -0.1) is 0 Å². The fourth-order valence-corrected chi connectivity index (χ4v) is 3.81. The molecule has 148 valence electrons. The molecule has 28 heavy (non-hydrogen) atoms. The van der Waals surface area contributed by atoms with Crippen LogP contribution in [-0.4, -0.2) is 51.6 Å². The summed E-state index contributed by atoms with van der Waals surface area (Å²) in [4.78, 5) is 18.8. The van der Waals surface area contributed by atoms with Crippen LogP contribution in [0.2, 0.25) is 0 Å². The van der Waals surface area contributed by atoms with Crippen LogP contribution in [0.1, 0.15) is 41.7 Å². The molecule has 1 saturated heterocycles. The number of nitrogens with zero attached hydrogens (tertiary/aromatic N) is 4. The van der Waals surface area contributed by atoms with E-state index in [4.69, 9.17) is 9.47 Å². The van der Waals surface area contributed by atoms with Crippen molar-refractivity contribution in [2.24, 2.45) is 0 Å². The van der Waals surface area contributed by atoms with Crippen LogP contribution >= 0.6 is 0 Å². The molecule has 8 nitrogen and oxygen atoms in total. The molecule has 0 bridgehead atoms. The average Bonchev–Trinajstić information content (AvgIpc) is 3.32. The second-order valence-electron chi connectivity index (χ2n) is 6.78. The summed E-state index contributed by atoms with van der Waals surface area (Å²) < 4.78 is 26.5. The number of cyclic esters (lactones) is 1. The summed E-state index contributed by atoms with van der Waals surface area (Å²) >= 11 is 0. The van der Waals surface area contributed by atoms with Crippen LogP contribution in [0.3, 0.4) is 0 Å². The molecule has 1 N–H and O–H groups in total. The van der Waals surface area contributed by atoms with Crippen LogP contribution in [-0.2, 0) is 4.74 Å². The largest absolute Gasteiger partial charge is 0.474 e. The molecule has 0 amide bonds. The Labute approximate surface area is 161 Å². The Kier molecular flexibility index (Phi) is 4.99. The third-order valence-corrected chi connectivity index (χ3v) is 5.09. The number of esters is 1. The summed E-state index contributed by atoms with van der Waals surface area (Å²) in [5, 5.41) is 7.51. The predicted octanol–water partition coefficient (Wildman–Crippen LogP) is 2.66. The SMILES string of the molecule is C=Cn1ncc2c1NC(C)N1CCC[C@@H]1c1cc(F)cnc1OCCOC2=O. The summed E-state index contributed by atoms with van der Waals surface area (Å²) in [5.41, 5.74) is 1.03. The third-order valence-electron chi connectivity index (χ3n) is 5.09. The van der Waals surface area contributed by atoms with Crippen molar-refractivity contribution < 1.29 is 18.7 Å². The van der Waals surface area contributed by atoms with Gasteiger partial charge in [0.2, 0.25) is 5.88 Å². The van der Waals surface area contributed by atoms with Crippen LogP contribution in [0.5, 0.6) is 5.88 Å². The zero-order chi connectivity index (χ0) is 19.7. The minimum Gasteiger partial charge on any atom is -0.474 e. The number of hydrogen-bond donors (Lipinski definition) is 1. The number of rotatable bonds is 1. The molecule has 4 rings (SSSR count). The highest BCUT2D eigenvalue weighted by Gasteiger charge is 2.34. The summed E-state index contributed by atoms with van der Waals surface area (Å²) in [5.74, 6) is -0.0278. The van der Waals surface area contributed by atoms with E-state index < -0.39 is 11.8 Å². The third kappa shape index (κ3) is 3.33. The normalized spacial score (nSPS) is 22.9. The summed E-state index contributed by atoms with van der Waals surface area (Å²) in [6.45, 7) is 6.70. The zero-order valence-electron chi connectivity index (χ0n) is 15.6. The lowest BCUT2D eigenvalue weighted by atomic mass is 10.1. The van der Waals surface area contributed by atoms with Crippen molar-refractivity contribution >= 4 is 18.0 Å². The van der Waals surface area contributed by atoms with Gasteiger partial charge < -0.3 is 14.8 Å². The molecule has 1 fully saturated rings. The number of pyridine rings is 1. The first-order valence-corrected chi connectivity index (χ1v) is 9.26. The van der Waals surface area contributed by atoms with Gasteiger partial charge in [0, 0.05) is 24.4 Å². The smallest absolute Gasteiger partial charge is 0.343 e. The number of aromatic nitrogens is 3. The van der Waals surface area contributed by atoms with Gasteiger partial charge in [0.15, 0.2) is 0 Å². The average molecular weight is 387 g/mol. The fraction of sp³-hybridized carbons (Fsp3) is 0.421.